The Morgan fingerprint density at radius 2 is 0.879 bits per heavy atom. The maximum atomic E-state index is 15.0. The van der Waals surface area contributed by atoms with Crippen LogP contribution < -0.4 is 0 Å². The second-order valence-corrected chi connectivity index (χ2v) is 18.6. The Morgan fingerprint density at radius 1 is 0.409 bits per heavy atom. The van der Waals surface area contributed by atoms with Gasteiger partial charge in [-0.05, 0) is 90.0 Å². The van der Waals surface area contributed by atoms with Gasteiger partial charge in [0.1, 0.15) is 0 Å². The predicted molar refractivity (Wildman–Crippen MR) is 266 cm³/mol. The first kappa shape index (κ1) is 38.3. The van der Waals surface area contributed by atoms with Gasteiger partial charge in [-0.3, -0.25) is 0 Å². The molecule has 0 amide bonds. The summed E-state index contributed by atoms with van der Waals surface area (Å²) in [5, 5.41) is 29.2. The quantitative estimate of drug-likeness (QED) is 0.177. The van der Waals surface area contributed by atoms with Crippen molar-refractivity contribution in [3.63, 3.8) is 0 Å². The van der Waals surface area contributed by atoms with Crippen LogP contribution in [0.25, 0.3) is 118 Å². The van der Waals surface area contributed by atoms with Gasteiger partial charge in [0.25, 0.3) is 0 Å². The normalized spacial score (nSPS) is 12.1. The fourth-order valence-corrected chi connectivity index (χ4v) is 12.7. The first-order chi connectivity index (χ1) is 32.3. The van der Waals surface area contributed by atoms with Gasteiger partial charge in [0.05, 0.1) is 62.3 Å². The molecule has 4 nitrogen and oxygen atoms in total. The summed E-state index contributed by atoms with van der Waals surface area (Å²) in [7, 11) is 0. The fourth-order valence-electron chi connectivity index (χ4n) is 10.2. The number of hydrogen-bond donors (Lipinski definition) is 0. The lowest BCUT2D eigenvalue weighted by molar-refractivity contribution is -0.137. The number of nitrogens with zero attached hydrogens (tertiary/aromatic N) is 4. The molecule has 9 aromatic carbocycles. The highest BCUT2D eigenvalue weighted by molar-refractivity contribution is 7.27. The second-order valence-electron chi connectivity index (χ2n) is 16.5. The molecule has 0 saturated carbocycles. The average molecular weight is 891 g/mol. The van der Waals surface area contributed by atoms with Crippen molar-refractivity contribution in [3.05, 3.63) is 193 Å². The average Bonchev–Trinajstić information content (AvgIpc) is 4.11. The van der Waals surface area contributed by atoms with Crippen molar-refractivity contribution < 1.29 is 13.2 Å². The van der Waals surface area contributed by atoms with Gasteiger partial charge in [-0.25, -0.2) is 0 Å². The highest BCUT2D eigenvalue weighted by Gasteiger charge is 2.34. The molecule has 9 heteroatoms. The molecule has 0 atom stereocenters. The molecule has 0 radical (unpaired) electrons. The molecule has 66 heavy (non-hydrogen) atoms. The topological polar surface area (TPSA) is 57.4 Å². The minimum atomic E-state index is -4.74. The van der Waals surface area contributed by atoms with E-state index in [1.807, 2.05) is 60.7 Å². The van der Waals surface area contributed by atoms with Gasteiger partial charge in [-0.15, -0.1) is 22.7 Å². The Morgan fingerprint density at radius 3 is 1.42 bits per heavy atom. The Labute approximate surface area is 382 Å². The molecule has 0 aliphatic heterocycles. The van der Waals surface area contributed by atoms with Crippen LogP contribution in [0.3, 0.4) is 0 Å². The summed E-state index contributed by atoms with van der Waals surface area (Å²) in [5.41, 5.74) is 6.29. The smallest absolute Gasteiger partial charge is 0.309 e. The Kier molecular flexibility index (Phi) is 8.20. The van der Waals surface area contributed by atoms with Crippen LogP contribution >= 0.6 is 22.7 Å². The zero-order chi connectivity index (χ0) is 44.4. The van der Waals surface area contributed by atoms with E-state index in [-0.39, 0.29) is 11.1 Å². The van der Waals surface area contributed by atoms with Gasteiger partial charge >= 0.3 is 6.18 Å². The summed E-state index contributed by atoms with van der Waals surface area (Å²) in [6, 6.07) is 61.1. The lowest BCUT2D eigenvalue weighted by Gasteiger charge is -2.21. The van der Waals surface area contributed by atoms with E-state index >= 15 is 13.2 Å². The van der Waals surface area contributed by atoms with Gasteiger partial charge in [0.2, 0.25) is 0 Å². The number of nitriles is 2. The summed E-state index contributed by atoms with van der Waals surface area (Å²) in [6.07, 6.45) is -4.74. The van der Waals surface area contributed by atoms with E-state index in [9.17, 15) is 10.5 Å². The monoisotopic (exact) mass is 890 g/mol. The van der Waals surface area contributed by atoms with Gasteiger partial charge in [-0.1, -0.05) is 97.1 Å². The Balaban J connectivity index is 1.17. The van der Waals surface area contributed by atoms with Crippen LogP contribution in [0.4, 0.5) is 13.2 Å². The van der Waals surface area contributed by atoms with Gasteiger partial charge in [0, 0.05) is 73.0 Å². The second kappa shape index (κ2) is 14.1. The van der Waals surface area contributed by atoms with Crippen molar-refractivity contribution in [1.29, 1.82) is 10.5 Å². The number of benzene rings is 9. The fraction of sp³-hybridized carbons (Fsp3) is 0.0175. The first-order valence-corrected chi connectivity index (χ1v) is 22.9. The Bertz CT molecular complexity index is 4320. The van der Waals surface area contributed by atoms with E-state index in [1.54, 1.807) is 28.7 Å². The van der Waals surface area contributed by atoms with E-state index in [0.29, 0.717) is 22.3 Å². The molecule has 13 aromatic rings. The molecule has 0 spiro atoms. The minimum Gasteiger partial charge on any atom is -0.309 e. The van der Waals surface area contributed by atoms with Crippen LogP contribution in [0.1, 0.15) is 16.7 Å². The number of para-hydroxylation sites is 2. The summed E-state index contributed by atoms with van der Waals surface area (Å²) in [5.74, 6) is 0. The molecule has 4 heterocycles. The number of aromatic nitrogens is 2. The number of halogens is 3. The lowest BCUT2D eigenvalue weighted by atomic mass is 9.92. The summed E-state index contributed by atoms with van der Waals surface area (Å²) in [4.78, 5) is 0. The number of alkyl halides is 3. The molecule has 13 rings (SSSR count). The van der Waals surface area contributed by atoms with Crippen molar-refractivity contribution in [2.45, 2.75) is 6.18 Å². The summed E-state index contributed by atoms with van der Waals surface area (Å²) in [6.45, 7) is 0. The lowest BCUT2D eigenvalue weighted by Crippen LogP contribution is -2.08. The van der Waals surface area contributed by atoms with Crippen molar-refractivity contribution in [2.75, 3.05) is 0 Å². The number of fused-ring (bicyclic) bond motifs is 14. The first-order valence-electron chi connectivity index (χ1n) is 21.3. The number of thiophene rings is 2. The zero-order valence-corrected chi connectivity index (χ0v) is 36.1. The van der Waals surface area contributed by atoms with Crippen LogP contribution in [0, 0.1) is 22.7 Å². The van der Waals surface area contributed by atoms with Crippen molar-refractivity contribution in [3.8, 4) is 45.8 Å². The zero-order valence-electron chi connectivity index (χ0n) is 34.5. The van der Waals surface area contributed by atoms with Crippen molar-refractivity contribution in [1.82, 2.24) is 9.13 Å². The molecule has 0 unspecified atom stereocenters. The molecule has 4 aromatic heterocycles. The largest absolute Gasteiger partial charge is 0.417 e. The molecule has 0 aliphatic carbocycles. The van der Waals surface area contributed by atoms with Gasteiger partial charge < -0.3 is 9.13 Å². The van der Waals surface area contributed by atoms with Crippen LogP contribution in [0.2, 0.25) is 0 Å². The molecular formula is C57H29F3N4S2. The van der Waals surface area contributed by atoms with Crippen molar-refractivity contribution >= 4 is 107 Å². The number of rotatable bonds is 4. The van der Waals surface area contributed by atoms with E-state index in [0.717, 1.165) is 71.1 Å². The maximum Gasteiger partial charge on any atom is 0.417 e. The summed E-state index contributed by atoms with van der Waals surface area (Å²) >= 11 is 3.51. The highest BCUT2D eigenvalue weighted by atomic mass is 32.1. The van der Waals surface area contributed by atoms with Crippen molar-refractivity contribution in [2.24, 2.45) is 0 Å². The van der Waals surface area contributed by atoms with Gasteiger partial charge in [0.15, 0.2) is 0 Å². The van der Waals surface area contributed by atoms with Crippen LogP contribution in [0.15, 0.2) is 176 Å². The van der Waals surface area contributed by atoms with E-state index in [4.69, 9.17) is 0 Å². The molecule has 310 valence electrons. The third-order valence-corrected chi connectivity index (χ3v) is 15.4. The number of hydrogen-bond acceptors (Lipinski definition) is 4. The highest BCUT2D eigenvalue weighted by Crippen LogP contribution is 2.49. The molecular weight excluding hydrogens is 862 g/mol. The van der Waals surface area contributed by atoms with Crippen LogP contribution in [-0.2, 0) is 6.18 Å². The maximum absolute atomic E-state index is 15.0. The standard InChI is InChI=1S/C57H29F3N4S2/c58-57(59,60)44-28-33(31-62)17-20-35(44)34-19-24-48(64-46-14-6-2-12-41(46)54-50(64)26-22-39-37-10-4-8-16-52(37)66-56(39)54)43(29-34)42-27-32(30-61)18-23-47(42)63-45-13-5-1-11-40(45)53-49(63)25-21-38-36-9-3-7-15-51(36)65-55(38)53/h1-29H. The predicted octanol–water partition coefficient (Wildman–Crippen LogP) is 16.7. The van der Waals surface area contributed by atoms with Crippen LogP contribution in [-0.4, -0.2) is 9.13 Å². The Hall–Kier alpha value is -8.21. The van der Waals surface area contributed by atoms with Crippen LogP contribution in [0.5, 0.6) is 0 Å². The van der Waals surface area contributed by atoms with E-state index < -0.39 is 11.7 Å². The van der Waals surface area contributed by atoms with E-state index in [1.165, 1.54) is 42.4 Å². The third kappa shape index (κ3) is 5.48. The summed E-state index contributed by atoms with van der Waals surface area (Å²) < 4.78 is 54.2. The molecule has 0 aliphatic rings. The molecule has 0 saturated heterocycles. The van der Waals surface area contributed by atoms with Gasteiger partial charge in [-0.2, -0.15) is 23.7 Å². The third-order valence-electron chi connectivity index (χ3n) is 13.0. The SMILES string of the molecule is N#Cc1ccc(-n2c3ccccc3c3c4sc5ccccc5c4ccc32)c(-c2cc(-c3ccc(C#N)cc3C(F)(F)F)ccc2-n2c3ccccc3c3c4sc5ccccc5c4ccc32)c1. The molecule has 0 fully saturated rings. The van der Waals surface area contributed by atoms with E-state index in [2.05, 4.69) is 112 Å². The minimum absolute atomic E-state index is 0.0505. The molecule has 0 N–H and O–H groups in total. The molecule has 0 bridgehead atoms.